The minimum absolute atomic E-state index is 0.0796. The molecule has 1 atom stereocenters. The van der Waals surface area contributed by atoms with Gasteiger partial charge in [0.05, 0.1) is 0 Å². The molecule has 0 radical (unpaired) electrons. The maximum atomic E-state index is 13.5. The quantitative estimate of drug-likeness (QED) is 0.627. The van der Waals surface area contributed by atoms with Crippen molar-refractivity contribution >= 4 is 17.7 Å². The monoisotopic (exact) mass is 353 g/mol. The van der Waals surface area contributed by atoms with Gasteiger partial charge in [-0.2, -0.15) is 0 Å². The van der Waals surface area contributed by atoms with Crippen LogP contribution >= 0.6 is 0 Å². The van der Waals surface area contributed by atoms with E-state index < -0.39 is 5.41 Å². The third-order valence-corrected chi connectivity index (χ3v) is 5.44. The van der Waals surface area contributed by atoms with Gasteiger partial charge in [-0.05, 0) is 36.6 Å². The van der Waals surface area contributed by atoms with Crippen LogP contribution in [0.5, 0.6) is 0 Å². The number of likely N-dealkylation sites (N-methyl/N-ethyl adjacent to an activating group) is 1. The Morgan fingerprint density at radius 2 is 1.41 bits per heavy atom. The summed E-state index contributed by atoms with van der Waals surface area (Å²) in [6, 6.07) is 24.7. The van der Waals surface area contributed by atoms with Crippen LogP contribution in [0.4, 0.5) is 5.69 Å². The van der Waals surface area contributed by atoms with Gasteiger partial charge in [0.15, 0.2) is 0 Å². The van der Waals surface area contributed by atoms with E-state index in [1.54, 1.807) is 4.90 Å². The van der Waals surface area contributed by atoms with Crippen LogP contribution in [-0.2, 0) is 10.2 Å². The normalized spacial score (nSPS) is 18.9. The maximum Gasteiger partial charge on any atom is 0.245 e. The first-order valence-corrected chi connectivity index (χ1v) is 9.23. The average molecular weight is 353 g/mol. The standard InChI is InChI=1S/C25H23NO/c1-18-8-12-20(13-9-18)16-17-25(21-14-10-19(2)11-15-21)22-6-4-5-7-23(22)26(3)24(25)27/h4-17H,1-3H3/b17-16+. The van der Waals surface area contributed by atoms with Crippen LogP contribution in [0.3, 0.4) is 0 Å². The lowest BCUT2D eigenvalue weighted by Gasteiger charge is -2.26. The highest BCUT2D eigenvalue weighted by Gasteiger charge is 2.49. The summed E-state index contributed by atoms with van der Waals surface area (Å²) in [7, 11) is 1.86. The van der Waals surface area contributed by atoms with Gasteiger partial charge in [-0.1, -0.05) is 90.0 Å². The van der Waals surface area contributed by atoms with Crippen LogP contribution in [0, 0.1) is 13.8 Å². The molecule has 1 heterocycles. The highest BCUT2D eigenvalue weighted by molar-refractivity contribution is 6.12. The second-order valence-electron chi connectivity index (χ2n) is 7.30. The van der Waals surface area contributed by atoms with Gasteiger partial charge in [-0.3, -0.25) is 4.79 Å². The predicted molar refractivity (Wildman–Crippen MR) is 112 cm³/mol. The Morgan fingerprint density at radius 1 is 0.815 bits per heavy atom. The summed E-state index contributed by atoms with van der Waals surface area (Å²) < 4.78 is 0. The van der Waals surface area contributed by atoms with Gasteiger partial charge in [-0.25, -0.2) is 0 Å². The van der Waals surface area contributed by atoms with Gasteiger partial charge in [-0.15, -0.1) is 0 Å². The molecule has 1 amide bonds. The van der Waals surface area contributed by atoms with E-state index in [2.05, 4.69) is 80.6 Å². The van der Waals surface area contributed by atoms with E-state index in [1.165, 1.54) is 11.1 Å². The number of benzene rings is 3. The summed E-state index contributed by atoms with van der Waals surface area (Å²) in [5, 5.41) is 0. The molecule has 0 saturated heterocycles. The van der Waals surface area contributed by atoms with Crippen molar-refractivity contribution in [3.05, 3.63) is 107 Å². The molecule has 1 aliphatic rings. The lowest BCUT2D eigenvalue weighted by molar-refractivity contribution is -0.120. The zero-order valence-electron chi connectivity index (χ0n) is 15.9. The Bertz CT molecular complexity index is 1010. The number of fused-ring (bicyclic) bond motifs is 1. The third-order valence-electron chi connectivity index (χ3n) is 5.44. The molecule has 2 nitrogen and oxygen atoms in total. The number of anilines is 1. The van der Waals surface area contributed by atoms with Crippen LogP contribution in [0.1, 0.15) is 27.8 Å². The van der Waals surface area contributed by atoms with Crippen molar-refractivity contribution < 1.29 is 4.79 Å². The number of rotatable bonds is 3. The summed E-state index contributed by atoms with van der Waals surface area (Å²) in [4.78, 5) is 15.3. The molecule has 1 aliphatic heterocycles. The largest absolute Gasteiger partial charge is 0.314 e. The Hall–Kier alpha value is -3.13. The number of hydrogen-bond donors (Lipinski definition) is 0. The Kier molecular flexibility index (Phi) is 4.19. The van der Waals surface area contributed by atoms with Crippen molar-refractivity contribution in [2.75, 3.05) is 11.9 Å². The minimum atomic E-state index is -0.802. The molecule has 0 spiro atoms. The Labute approximate surface area is 160 Å². The van der Waals surface area contributed by atoms with E-state index in [9.17, 15) is 4.79 Å². The van der Waals surface area contributed by atoms with E-state index in [1.807, 2.05) is 25.2 Å². The first kappa shape index (κ1) is 17.3. The molecule has 134 valence electrons. The lowest BCUT2D eigenvalue weighted by Crippen LogP contribution is -2.38. The van der Waals surface area contributed by atoms with E-state index in [0.717, 1.165) is 22.4 Å². The van der Waals surface area contributed by atoms with E-state index in [4.69, 9.17) is 0 Å². The van der Waals surface area contributed by atoms with Gasteiger partial charge in [0, 0.05) is 12.7 Å². The fraction of sp³-hybridized carbons (Fsp3) is 0.160. The predicted octanol–water partition coefficient (Wildman–Crippen LogP) is 5.28. The average Bonchev–Trinajstić information content (AvgIpc) is 2.91. The van der Waals surface area contributed by atoms with E-state index in [-0.39, 0.29) is 5.91 Å². The first-order chi connectivity index (χ1) is 13.0. The number of amides is 1. The third kappa shape index (κ3) is 2.78. The molecule has 4 rings (SSSR count). The summed E-state index contributed by atoms with van der Waals surface area (Å²) in [6.07, 6.45) is 4.13. The SMILES string of the molecule is Cc1ccc(/C=C/C2(c3ccc(C)cc3)C(=O)N(C)c3ccccc32)cc1. The lowest BCUT2D eigenvalue weighted by atomic mass is 9.74. The molecule has 0 fully saturated rings. The molecule has 0 aliphatic carbocycles. The van der Waals surface area contributed by atoms with Crippen molar-refractivity contribution in [1.29, 1.82) is 0 Å². The van der Waals surface area contributed by atoms with Crippen molar-refractivity contribution in [1.82, 2.24) is 0 Å². The number of nitrogens with zero attached hydrogens (tertiary/aromatic N) is 1. The minimum Gasteiger partial charge on any atom is -0.314 e. The molecule has 3 aromatic carbocycles. The van der Waals surface area contributed by atoms with Gasteiger partial charge in [0.1, 0.15) is 5.41 Å². The molecular weight excluding hydrogens is 330 g/mol. The number of aryl methyl sites for hydroxylation is 2. The van der Waals surface area contributed by atoms with E-state index >= 15 is 0 Å². The molecule has 0 saturated carbocycles. The summed E-state index contributed by atoms with van der Waals surface area (Å²) >= 11 is 0. The van der Waals surface area contributed by atoms with Crippen LogP contribution < -0.4 is 4.90 Å². The summed E-state index contributed by atoms with van der Waals surface area (Å²) in [5.41, 5.74) is 5.70. The van der Waals surface area contributed by atoms with Crippen molar-refractivity contribution in [2.24, 2.45) is 0 Å². The molecular formula is C25H23NO. The molecule has 0 N–H and O–H groups in total. The molecule has 27 heavy (non-hydrogen) atoms. The van der Waals surface area contributed by atoms with Crippen molar-refractivity contribution in [2.45, 2.75) is 19.3 Å². The summed E-state index contributed by atoms with van der Waals surface area (Å²) in [6.45, 7) is 4.14. The van der Waals surface area contributed by atoms with Crippen LogP contribution in [0.2, 0.25) is 0 Å². The van der Waals surface area contributed by atoms with Crippen LogP contribution in [0.25, 0.3) is 6.08 Å². The second-order valence-corrected chi connectivity index (χ2v) is 7.30. The molecule has 3 aromatic rings. The van der Waals surface area contributed by atoms with Gasteiger partial charge in [0.25, 0.3) is 0 Å². The van der Waals surface area contributed by atoms with Gasteiger partial charge < -0.3 is 4.90 Å². The molecule has 0 aromatic heterocycles. The number of carbonyl (C=O) groups is 1. The molecule has 1 unspecified atom stereocenters. The molecule has 0 bridgehead atoms. The van der Waals surface area contributed by atoms with Crippen molar-refractivity contribution in [3.8, 4) is 0 Å². The number of hydrogen-bond acceptors (Lipinski definition) is 1. The van der Waals surface area contributed by atoms with Gasteiger partial charge >= 0.3 is 0 Å². The first-order valence-electron chi connectivity index (χ1n) is 9.23. The summed E-state index contributed by atoms with van der Waals surface area (Å²) in [5.74, 6) is 0.0796. The van der Waals surface area contributed by atoms with Gasteiger partial charge in [0.2, 0.25) is 5.91 Å². The van der Waals surface area contributed by atoms with E-state index in [0.29, 0.717) is 0 Å². The highest BCUT2D eigenvalue weighted by atomic mass is 16.2. The Balaban J connectivity index is 1.93. The fourth-order valence-corrected chi connectivity index (χ4v) is 3.84. The number of para-hydroxylation sites is 1. The zero-order valence-corrected chi connectivity index (χ0v) is 15.9. The fourth-order valence-electron chi connectivity index (χ4n) is 3.84. The molecule has 2 heteroatoms. The maximum absolute atomic E-state index is 13.5. The highest BCUT2D eigenvalue weighted by Crippen LogP contribution is 2.46. The topological polar surface area (TPSA) is 20.3 Å². The Morgan fingerprint density at radius 3 is 2.07 bits per heavy atom. The van der Waals surface area contributed by atoms with Crippen LogP contribution in [0.15, 0.2) is 78.9 Å². The second kappa shape index (κ2) is 6.55. The number of carbonyl (C=O) groups excluding carboxylic acids is 1. The zero-order chi connectivity index (χ0) is 19.0. The smallest absolute Gasteiger partial charge is 0.245 e. The van der Waals surface area contributed by atoms with Crippen LogP contribution in [-0.4, -0.2) is 13.0 Å². The van der Waals surface area contributed by atoms with Crippen molar-refractivity contribution in [3.63, 3.8) is 0 Å².